The number of nitrogens with one attached hydrogen (secondary N) is 1. The van der Waals surface area contributed by atoms with Crippen LogP contribution in [0.4, 0.5) is 5.69 Å². The second-order valence-electron chi connectivity index (χ2n) is 8.41. The third-order valence-electron chi connectivity index (χ3n) is 5.93. The summed E-state index contributed by atoms with van der Waals surface area (Å²) in [7, 11) is 0. The van der Waals surface area contributed by atoms with Crippen molar-refractivity contribution in [1.29, 1.82) is 0 Å². The van der Waals surface area contributed by atoms with Gasteiger partial charge in [0.2, 0.25) is 0 Å². The highest BCUT2D eigenvalue weighted by atomic mass is 35.5. The number of aliphatic hydroxyl groups excluding tert-OH is 1. The summed E-state index contributed by atoms with van der Waals surface area (Å²) in [6, 6.07) is 30.7. The smallest absolute Gasteiger partial charge is 0.270 e. The third-order valence-corrected chi connectivity index (χ3v) is 6.45. The lowest BCUT2D eigenvalue weighted by molar-refractivity contribution is -0.122. The van der Waals surface area contributed by atoms with E-state index in [1.54, 1.807) is 48.5 Å². The topological polar surface area (TPSA) is 78.9 Å². The molecule has 1 heterocycles. The van der Waals surface area contributed by atoms with Gasteiger partial charge < -0.3 is 9.84 Å². The van der Waals surface area contributed by atoms with Crippen molar-refractivity contribution in [2.45, 2.75) is 5.56 Å². The van der Waals surface area contributed by atoms with E-state index in [-0.39, 0.29) is 10.7 Å². The second kappa shape index (κ2) is 11.0. The number of aliphatic hydroxyl groups is 1. The molecule has 2 amide bonds. The van der Waals surface area contributed by atoms with Gasteiger partial charge in [0.05, 0.1) is 5.69 Å². The van der Waals surface area contributed by atoms with Crippen LogP contribution in [0.5, 0.6) is 11.5 Å². The Hall–Kier alpha value is -4.30. The van der Waals surface area contributed by atoms with Gasteiger partial charge in [-0.3, -0.25) is 19.8 Å². The number of hydrogen-bond donors (Lipinski definition) is 2. The highest BCUT2D eigenvalue weighted by Gasteiger charge is 2.34. The Balaban J connectivity index is 1.38. The number of para-hydroxylation sites is 1. The van der Waals surface area contributed by atoms with E-state index in [9.17, 15) is 14.7 Å². The van der Waals surface area contributed by atoms with Gasteiger partial charge in [-0.1, -0.05) is 78.3 Å². The lowest BCUT2D eigenvalue weighted by atomic mass is 9.98. The number of rotatable bonds is 6. The second-order valence-corrected chi connectivity index (χ2v) is 9.21. The zero-order valence-corrected chi connectivity index (χ0v) is 21.4. The first-order valence-corrected chi connectivity index (χ1v) is 12.5. The van der Waals surface area contributed by atoms with Crippen LogP contribution in [0.25, 0.3) is 17.2 Å². The summed E-state index contributed by atoms with van der Waals surface area (Å²) in [5.41, 5.74) is 2.18. The maximum atomic E-state index is 13.4. The first-order valence-electron chi connectivity index (χ1n) is 11.7. The summed E-state index contributed by atoms with van der Waals surface area (Å²) in [6.07, 6.45) is 1.52. The SMILES string of the molecule is O=C1NC(=S)N(c2ccc(Oc3ccccc3)cc2)C(=O)C1=Cc1ccc(-c2ccccc2C(O)Cl)cc1. The van der Waals surface area contributed by atoms with Gasteiger partial charge in [0.1, 0.15) is 17.1 Å². The monoisotopic (exact) mass is 540 g/mol. The number of nitrogens with zero attached hydrogens (tertiary/aromatic N) is 1. The first kappa shape index (κ1) is 25.4. The van der Waals surface area contributed by atoms with Crippen LogP contribution in [0.3, 0.4) is 0 Å². The van der Waals surface area contributed by atoms with Crippen LogP contribution in [0.1, 0.15) is 16.7 Å². The Kier molecular flexibility index (Phi) is 7.33. The van der Waals surface area contributed by atoms with Crippen LogP contribution in [0.15, 0.2) is 109 Å². The number of carbonyl (C=O) groups excluding carboxylic acids is 2. The first-order chi connectivity index (χ1) is 18.4. The van der Waals surface area contributed by atoms with Gasteiger partial charge >= 0.3 is 0 Å². The normalized spacial score (nSPS) is 15.4. The summed E-state index contributed by atoms with van der Waals surface area (Å²) >= 11 is 11.2. The van der Waals surface area contributed by atoms with Crippen LogP contribution in [0.2, 0.25) is 0 Å². The molecule has 4 aromatic rings. The Morgan fingerprint density at radius 1 is 0.842 bits per heavy atom. The molecule has 0 radical (unpaired) electrons. The zero-order chi connectivity index (χ0) is 26.6. The summed E-state index contributed by atoms with van der Waals surface area (Å²) < 4.78 is 5.81. The van der Waals surface area contributed by atoms with Crippen molar-refractivity contribution < 1.29 is 19.4 Å². The fraction of sp³-hybridized carbons (Fsp3) is 0.0333. The molecule has 188 valence electrons. The van der Waals surface area contributed by atoms with Crippen LogP contribution >= 0.6 is 23.8 Å². The van der Waals surface area contributed by atoms with Crippen LogP contribution in [-0.4, -0.2) is 22.0 Å². The molecule has 0 spiro atoms. The fourth-order valence-corrected chi connectivity index (χ4v) is 4.54. The molecule has 4 aromatic carbocycles. The number of ether oxygens (including phenoxy) is 1. The molecule has 1 aliphatic rings. The minimum absolute atomic E-state index is 0.000430. The minimum atomic E-state index is -1.13. The lowest BCUT2D eigenvalue weighted by Gasteiger charge is -2.29. The molecule has 0 saturated carbocycles. The number of anilines is 1. The molecule has 1 aliphatic heterocycles. The van der Waals surface area contributed by atoms with Crippen molar-refractivity contribution in [3.63, 3.8) is 0 Å². The highest BCUT2D eigenvalue weighted by Crippen LogP contribution is 2.31. The summed E-state index contributed by atoms with van der Waals surface area (Å²) in [6.45, 7) is 0. The van der Waals surface area contributed by atoms with Crippen LogP contribution in [0, 0.1) is 0 Å². The van der Waals surface area contributed by atoms with E-state index in [0.717, 1.165) is 11.1 Å². The van der Waals surface area contributed by atoms with E-state index in [4.69, 9.17) is 28.6 Å². The maximum Gasteiger partial charge on any atom is 0.270 e. The molecule has 2 N–H and O–H groups in total. The number of thiocarbonyl (C=S) groups is 1. The standard InChI is InChI=1S/C30H21ClN2O4S/c31-27(34)25-9-5-4-8-24(25)20-12-10-19(11-13-20)18-26-28(35)32-30(38)33(29(26)36)21-14-16-23(17-15-21)37-22-6-2-1-3-7-22/h1-18,27,34H,(H,32,35,38). The van der Waals surface area contributed by atoms with Gasteiger partial charge in [0.15, 0.2) is 10.7 Å². The predicted molar refractivity (Wildman–Crippen MR) is 152 cm³/mol. The van der Waals surface area contributed by atoms with Gasteiger partial charge in [-0.2, -0.15) is 0 Å². The summed E-state index contributed by atoms with van der Waals surface area (Å²) in [5.74, 6) is 0.184. The molecule has 0 aliphatic carbocycles. The molecular formula is C30H21ClN2O4S. The highest BCUT2D eigenvalue weighted by molar-refractivity contribution is 7.80. The number of halogens is 1. The quantitative estimate of drug-likeness (QED) is 0.132. The van der Waals surface area contributed by atoms with E-state index in [0.29, 0.717) is 28.3 Å². The Labute approximate surface area is 229 Å². The number of amides is 2. The van der Waals surface area contributed by atoms with E-state index in [1.807, 2.05) is 54.6 Å². The molecule has 1 unspecified atom stereocenters. The third kappa shape index (κ3) is 5.35. The van der Waals surface area contributed by atoms with Crippen molar-refractivity contribution in [2.75, 3.05) is 4.90 Å². The molecule has 38 heavy (non-hydrogen) atoms. The zero-order valence-electron chi connectivity index (χ0n) is 19.9. The van der Waals surface area contributed by atoms with E-state index in [1.165, 1.54) is 11.0 Å². The number of hydrogen-bond acceptors (Lipinski definition) is 5. The van der Waals surface area contributed by atoms with Crippen molar-refractivity contribution in [2.24, 2.45) is 0 Å². The van der Waals surface area contributed by atoms with Crippen molar-refractivity contribution >= 4 is 52.5 Å². The number of alkyl halides is 1. The van der Waals surface area contributed by atoms with Gasteiger partial charge in [-0.25, -0.2) is 0 Å². The average Bonchev–Trinajstić information content (AvgIpc) is 2.93. The lowest BCUT2D eigenvalue weighted by Crippen LogP contribution is -2.54. The Bertz CT molecular complexity index is 1540. The van der Waals surface area contributed by atoms with Gasteiger partial charge in [0.25, 0.3) is 11.8 Å². The molecule has 8 heteroatoms. The van der Waals surface area contributed by atoms with Gasteiger partial charge in [-0.05, 0) is 71.4 Å². The molecule has 6 nitrogen and oxygen atoms in total. The van der Waals surface area contributed by atoms with Gasteiger partial charge in [0, 0.05) is 5.56 Å². The molecule has 1 fully saturated rings. The van der Waals surface area contributed by atoms with Crippen molar-refractivity contribution in [3.05, 3.63) is 120 Å². The van der Waals surface area contributed by atoms with Crippen molar-refractivity contribution in [3.8, 4) is 22.6 Å². The Morgan fingerprint density at radius 2 is 1.47 bits per heavy atom. The maximum absolute atomic E-state index is 13.4. The minimum Gasteiger partial charge on any atom is -0.457 e. The molecule has 1 atom stereocenters. The van der Waals surface area contributed by atoms with Crippen LogP contribution in [-0.2, 0) is 9.59 Å². The van der Waals surface area contributed by atoms with E-state index in [2.05, 4.69) is 5.32 Å². The van der Waals surface area contributed by atoms with Gasteiger partial charge in [-0.15, -0.1) is 0 Å². The van der Waals surface area contributed by atoms with E-state index < -0.39 is 17.4 Å². The number of benzene rings is 4. The molecule has 0 aromatic heterocycles. The predicted octanol–water partition coefficient (Wildman–Crippen LogP) is 6.21. The Morgan fingerprint density at radius 3 is 2.16 bits per heavy atom. The fourth-order valence-electron chi connectivity index (χ4n) is 4.07. The average molecular weight is 541 g/mol. The van der Waals surface area contributed by atoms with Crippen molar-refractivity contribution in [1.82, 2.24) is 5.32 Å². The molecular weight excluding hydrogens is 520 g/mol. The number of carbonyl (C=O) groups is 2. The molecule has 5 rings (SSSR count). The largest absolute Gasteiger partial charge is 0.457 e. The summed E-state index contributed by atoms with van der Waals surface area (Å²) in [4.78, 5) is 27.3. The summed E-state index contributed by atoms with van der Waals surface area (Å²) in [5, 5.41) is 12.5. The van der Waals surface area contributed by atoms with Crippen LogP contribution < -0.4 is 15.0 Å². The molecule has 0 bridgehead atoms. The molecule has 1 saturated heterocycles. The van der Waals surface area contributed by atoms with E-state index >= 15 is 0 Å².